The van der Waals surface area contributed by atoms with Gasteiger partial charge in [0.1, 0.15) is 5.82 Å². The molecule has 0 spiro atoms. The van der Waals surface area contributed by atoms with E-state index in [0.29, 0.717) is 6.04 Å². The number of hydrogen-bond donors (Lipinski definition) is 2. The summed E-state index contributed by atoms with van der Waals surface area (Å²) in [6, 6.07) is 4.55. The monoisotopic (exact) mass is 231 g/mol. The Morgan fingerprint density at radius 1 is 1.47 bits per heavy atom. The second kappa shape index (κ2) is 4.71. The first-order chi connectivity index (χ1) is 8.42. The summed E-state index contributed by atoms with van der Waals surface area (Å²) in [5, 5.41) is 11.0. The molecule has 1 atom stereocenters. The molecule has 2 aromatic rings. The first-order valence-electron chi connectivity index (χ1n) is 6.19. The maximum absolute atomic E-state index is 4.47. The average Bonchev–Trinajstić information content (AvgIpc) is 2.98. The van der Waals surface area contributed by atoms with E-state index in [2.05, 4.69) is 20.7 Å². The first-order valence-corrected chi connectivity index (χ1v) is 6.19. The molecule has 1 unspecified atom stereocenters. The Balaban J connectivity index is 1.56. The van der Waals surface area contributed by atoms with Gasteiger partial charge in [-0.1, -0.05) is 0 Å². The third-order valence-electron chi connectivity index (χ3n) is 3.22. The standard InChI is InChI=1S/C12H17N5/c1-2-10(13-6-1)3-7-14-11-5-9-17-12(16-11)4-8-15-17/h4-5,8-10,13H,1-3,6-7H2,(H,14,16). The van der Waals surface area contributed by atoms with Gasteiger partial charge in [0.25, 0.3) is 0 Å². The van der Waals surface area contributed by atoms with Gasteiger partial charge in [-0.15, -0.1) is 0 Å². The van der Waals surface area contributed by atoms with Gasteiger partial charge in [-0.2, -0.15) is 5.10 Å². The van der Waals surface area contributed by atoms with E-state index in [-0.39, 0.29) is 0 Å². The molecule has 3 heterocycles. The quantitative estimate of drug-likeness (QED) is 0.832. The largest absolute Gasteiger partial charge is 0.370 e. The summed E-state index contributed by atoms with van der Waals surface area (Å²) in [5.41, 5.74) is 0.883. The van der Waals surface area contributed by atoms with Gasteiger partial charge in [-0.25, -0.2) is 9.50 Å². The van der Waals surface area contributed by atoms with Crippen molar-refractivity contribution in [2.75, 3.05) is 18.4 Å². The number of fused-ring (bicyclic) bond motifs is 1. The van der Waals surface area contributed by atoms with E-state index in [1.54, 1.807) is 10.7 Å². The third kappa shape index (κ3) is 2.39. The Morgan fingerprint density at radius 2 is 2.47 bits per heavy atom. The summed E-state index contributed by atoms with van der Waals surface area (Å²) in [4.78, 5) is 4.47. The molecule has 5 heteroatoms. The molecule has 0 saturated carbocycles. The Morgan fingerprint density at radius 3 is 3.35 bits per heavy atom. The fraction of sp³-hybridized carbons (Fsp3) is 0.500. The van der Waals surface area contributed by atoms with Crippen LogP contribution in [0.5, 0.6) is 0 Å². The molecule has 90 valence electrons. The Labute approximate surface area is 100 Å². The molecule has 2 N–H and O–H groups in total. The van der Waals surface area contributed by atoms with Crippen LogP contribution in [0.15, 0.2) is 24.5 Å². The van der Waals surface area contributed by atoms with Crippen molar-refractivity contribution in [3.8, 4) is 0 Å². The van der Waals surface area contributed by atoms with Crippen molar-refractivity contribution in [3.63, 3.8) is 0 Å². The topological polar surface area (TPSA) is 54.2 Å². The van der Waals surface area contributed by atoms with Crippen LogP contribution in [0.25, 0.3) is 5.65 Å². The highest BCUT2D eigenvalue weighted by atomic mass is 15.2. The molecular formula is C12H17N5. The SMILES string of the molecule is c1cc2nc(NCCC3CCCN3)ccn2n1. The predicted molar refractivity (Wildman–Crippen MR) is 67.1 cm³/mol. The van der Waals surface area contributed by atoms with Gasteiger partial charge in [0, 0.05) is 24.8 Å². The molecule has 1 fully saturated rings. The second-order valence-corrected chi connectivity index (χ2v) is 4.46. The Bertz CT molecular complexity index is 486. The van der Waals surface area contributed by atoms with E-state index in [9.17, 15) is 0 Å². The number of nitrogens with zero attached hydrogens (tertiary/aromatic N) is 3. The number of rotatable bonds is 4. The van der Waals surface area contributed by atoms with Crippen molar-refractivity contribution in [1.29, 1.82) is 0 Å². The van der Waals surface area contributed by atoms with Gasteiger partial charge in [0.05, 0.1) is 6.20 Å². The molecule has 1 aliphatic heterocycles. The predicted octanol–water partition coefficient (Wildman–Crippen LogP) is 1.28. The van der Waals surface area contributed by atoms with Crippen LogP contribution in [0.1, 0.15) is 19.3 Å². The average molecular weight is 231 g/mol. The fourth-order valence-electron chi connectivity index (χ4n) is 2.29. The van der Waals surface area contributed by atoms with Crippen molar-refractivity contribution in [2.45, 2.75) is 25.3 Å². The van der Waals surface area contributed by atoms with Crippen molar-refractivity contribution in [3.05, 3.63) is 24.5 Å². The minimum absolute atomic E-state index is 0.682. The maximum atomic E-state index is 4.47. The molecule has 5 nitrogen and oxygen atoms in total. The molecule has 0 aliphatic carbocycles. The zero-order valence-corrected chi connectivity index (χ0v) is 9.76. The van der Waals surface area contributed by atoms with Crippen LogP contribution in [0.2, 0.25) is 0 Å². The summed E-state index contributed by atoms with van der Waals surface area (Å²) < 4.78 is 1.77. The van der Waals surface area contributed by atoms with E-state index >= 15 is 0 Å². The van der Waals surface area contributed by atoms with E-state index in [1.807, 2.05) is 18.3 Å². The fourth-order valence-corrected chi connectivity index (χ4v) is 2.29. The van der Waals surface area contributed by atoms with Gasteiger partial charge in [-0.3, -0.25) is 0 Å². The lowest BCUT2D eigenvalue weighted by molar-refractivity contribution is 0.574. The molecule has 1 aliphatic rings. The minimum atomic E-state index is 0.682. The molecular weight excluding hydrogens is 214 g/mol. The normalized spacial score (nSPS) is 19.9. The molecule has 0 bridgehead atoms. The summed E-state index contributed by atoms with van der Waals surface area (Å²) in [5.74, 6) is 0.927. The number of aromatic nitrogens is 3. The summed E-state index contributed by atoms with van der Waals surface area (Å²) in [6.45, 7) is 2.14. The number of anilines is 1. The van der Waals surface area contributed by atoms with Gasteiger partial charge in [0.15, 0.2) is 5.65 Å². The van der Waals surface area contributed by atoms with Crippen LogP contribution >= 0.6 is 0 Å². The van der Waals surface area contributed by atoms with Crippen LogP contribution in [0.4, 0.5) is 5.82 Å². The Hall–Kier alpha value is -1.62. The van der Waals surface area contributed by atoms with Crippen molar-refractivity contribution in [2.24, 2.45) is 0 Å². The van der Waals surface area contributed by atoms with E-state index in [1.165, 1.54) is 19.4 Å². The van der Waals surface area contributed by atoms with Crippen LogP contribution in [-0.4, -0.2) is 33.7 Å². The van der Waals surface area contributed by atoms with Crippen LogP contribution < -0.4 is 10.6 Å². The minimum Gasteiger partial charge on any atom is -0.370 e. The lowest BCUT2D eigenvalue weighted by Crippen LogP contribution is -2.24. The smallest absolute Gasteiger partial charge is 0.157 e. The molecule has 17 heavy (non-hydrogen) atoms. The highest BCUT2D eigenvalue weighted by molar-refractivity contribution is 5.45. The first kappa shape index (κ1) is 10.5. The number of nitrogens with one attached hydrogen (secondary N) is 2. The zero-order chi connectivity index (χ0) is 11.5. The van der Waals surface area contributed by atoms with E-state index < -0.39 is 0 Å². The highest BCUT2D eigenvalue weighted by Gasteiger charge is 2.12. The molecule has 0 amide bonds. The highest BCUT2D eigenvalue weighted by Crippen LogP contribution is 2.10. The summed E-state index contributed by atoms with van der Waals surface area (Å²) in [6.07, 6.45) is 7.46. The number of hydrogen-bond acceptors (Lipinski definition) is 4. The van der Waals surface area contributed by atoms with Crippen LogP contribution in [0.3, 0.4) is 0 Å². The van der Waals surface area contributed by atoms with Gasteiger partial charge >= 0.3 is 0 Å². The molecule has 0 aromatic carbocycles. The van der Waals surface area contributed by atoms with Crippen molar-refractivity contribution in [1.82, 2.24) is 19.9 Å². The molecule has 0 radical (unpaired) electrons. The summed E-state index contributed by atoms with van der Waals surface area (Å²) in [7, 11) is 0. The molecule has 2 aromatic heterocycles. The van der Waals surface area contributed by atoms with Crippen molar-refractivity contribution < 1.29 is 0 Å². The third-order valence-corrected chi connectivity index (χ3v) is 3.22. The lowest BCUT2D eigenvalue weighted by atomic mass is 10.1. The molecule has 1 saturated heterocycles. The van der Waals surface area contributed by atoms with E-state index in [0.717, 1.165) is 24.4 Å². The van der Waals surface area contributed by atoms with E-state index in [4.69, 9.17) is 0 Å². The zero-order valence-electron chi connectivity index (χ0n) is 9.76. The van der Waals surface area contributed by atoms with Crippen LogP contribution in [0, 0.1) is 0 Å². The van der Waals surface area contributed by atoms with Gasteiger partial charge in [0.2, 0.25) is 0 Å². The van der Waals surface area contributed by atoms with Crippen LogP contribution in [-0.2, 0) is 0 Å². The van der Waals surface area contributed by atoms with Crippen molar-refractivity contribution >= 4 is 11.5 Å². The lowest BCUT2D eigenvalue weighted by Gasteiger charge is -2.11. The van der Waals surface area contributed by atoms with Gasteiger partial charge < -0.3 is 10.6 Å². The molecule has 3 rings (SSSR count). The summed E-state index contributed by atoms with van der Waals surface area (Å²) >= 11 is 0. The Kier molecular flexibility index (Phi) is 2.92. The maximum Gasteiger partial charge on any atom is 0.157 e. The van der Waals surface area contributed by atoms with Gasteiger partial charge in [-0.05, 0) is 31.9 Å². The second-order valence-electron chi connectivity index (χ2n) is 4.46.